The first kappa shape index (κ1) is 20.4. The molecule has 0 heterocycles. The highest BCUT2D eigenvalue weighted by Crippen LogP contribution is 2.33. The molecule has 0 atom stereocenters. The maximum absolute atomic E-state index is 12.9. The van der Waals surface area contributed by atoms with Crippen LogP contribution in [0.15, 0.2) is 59.5 Å². The predicted molar refractivity (Wildman–Crippen MR) is 112 cm³/mol. The van der Waals surface area contributed by atoms with E-state index < -0.39 is 9.84 Å². The summed E-state index contributed by atoms with van der Waals surface area (Å²) in [5.41, 5.74) is 1.58. The Morgan fingerprint density at radius 1 is 0.964 bits per heavy atom. The van der Waals surface area contributed by atoms with Crippen molar-refractivity contribution in [3.05, 3.63) is 60.2 Å². The zero-order valence-corrected chi connectivity index (χ0v) is 17.0. The molecule has 5 nitrogen and oxygen atoms in total. The van der Waals surface area contributed by atoms with Gasteiger partial charge in [0.25, 0.3) is 0 Å². The van der Waals surface area contributed by atoms with Crippen LogP contribution in [0.3, 0.4) is 0 Å². The van der Waals surface area contributed by atoms with E-state index in [9.17, 15) is 13.2 Å². The van der Waals surface area contributed by atoms with E-state index in [0.29, 0.717) is 23.0 Å². The number of anilines is 1. The average Bonchev–Trinajstić information content (AvgIpc) is 2.73. The molecule has 0 spiro atoms. The number of carbonyl (C=O) groups is 1. The Labute approximate surface area is 167 Å². The van der Waals surface area contributed by atoms with Crippen molar-refractivity contribution in [1.29, 1.82) is 0 Å². The number of hydrogen-bond donors (Lipinski definition) is 2. The van der Waals surface area contributed by atoms with Crippen LogP contribution in [-0.4, -0.2) is 19.7 Å². The van der Waals surface area contributed by atoms with Crippen molar-refractivity contribution in [3.8, 4) is 0 Å². The minimum Gasteiger partial charge on any atom is -0.334 e. The second-order valence-corrected chi connectivity index (χ2v) is 9.64. The van der Waals surface area contributed by atoms with Crippen LogP contribution in [0.25, 0.3) is 0 Å². The van der Waals surface area contributed by atoms with E-state index >= 15 is 0 Å². The van der Waals surface area contributed by atoms with E-state index in [1.807, 2.05) is 30.3 Å². The van der Waals surface area contributed by atoms with Crippen molar-refractivity contribution in [1.82, 2.24) is 5.32 Å². The normalized spacial score (nSPS) is 19.8. The van der Waals surface area contributed by atoms with Gasteiger partial charge in [0.05, 0.1) is 10.1 Å². The second-order valence-electron chi connectivity index (χ2n) is 7.41. The van der Waals surface area contributed by atoms with Crippen molar-refractivity contribution >= 4 is 21.6 Å². The Morgan fingerprint density at radius 3 is 2.21 bits per heavy atom. The number of carbonyl (C=O) groups excluding carboxylic acids is 1. The molecule has 6 heteroatoms. The average molecular weight is 401 g/mol. The molecule has 1 saturated carbocycles. The van der Waals surface area contributed by atoms with Gasteiger partial charge in [0.1, 0.15) is 0 Å². The maximum atomic E-state index is 12.9. The van der Waals surface area contributed by atoms with Crippen molar-refractivity contribution in [3.63, 3.8) is 0 Å². The van der Waals surface area contributed by atoms with Crippen molar-refractivity contribution in [2.24, 2.45) is 5.92 Å². The van der Waals surface area contributed by atoms with Gasteiger partial charge in [0, 0.05) is 12.2 Å². The summed E-state index contributed by atoms with van der Waals surface area (Å²) in [4.78, 5) is 12.4. The van der Waals surface area contributed by atoms with Crippen LogP contribution in [0, 0.1) is 5.92 Å². The van der Waals surface area contributed by atoms with Gasteiger partial charge in [-0.25, -0.2) is 13.2 Å². The number of sulfone groups is 1. The van der Waals surface area contributed by atoms with Gasteiger partial charge in [0.2, 0.25) is 0 Å². The molecule has 3 rings (SSSR count). The summed E-state index contributed by atoms with van der Waals surface area (Å²) in [5.74, 6) is 0.660. The van der Waals surface area contributed by atoms with Gasteiger partial charge in [-0.3, -0.25) is 0 Å². The topological polar surface area (TPSA) is 75.3 Å². The molecule has 150 valence electrons. The Bertz CT molecular complexity index is 872. The largest absolute Gasteiger partial charge is 0.334 e. The van der Waals surface area contributed by atoms with Gasteiger partial charge in [-0.15, -0.1) is 0 Å². The Hall–Kier alpha value is -2.34. The van der Waals surface area contributed by atoms with Gasteiger partial charge in [0.15, 0.2) is 9.84 Å². The highest BCUT2D eigenvalue weighted by Gasteiger charge is 2.31. The van der Waals surface area contributed by atoms with Gasteiger partial charge in [-0.05, 0) is 61.4 Å². The number of nitrogens with one attached hydrogen (secondary N) is 2. The third-order valence-corrected chi connectivity index (χ3v) is 7.82. The standard InChI is InChI=1S/C22H28N2O3S/c1-2-17-8-12-20(13-9-17)28(26,27)21-14-10-19(11-15-21)24-22(25)23-16-18-6-4-3-5-7-18/h3-7,10-11,14-15,17,20H,2,8-9,12-13,16H2,1H3,(H2,23,24,25). The summed E-state index contributed by atoms with van der Waals surface area (Å²) in [6.45, 7) is 2.60. The van der Waals surface area contributed by atoms with Crippen molar-refractivity contribution in [2.45, 2.75) is 55.7 Å². The van der Waals surface area contributed by atoms with Gasteiger partial charge in [-0.2, -0.15) is 0 Å². The molecule has 2 aromatic rings. The first-order chi connectivity index (χ1) is 13.5. The molecule has 1 aliphatic carbocycles. The third kappa shape index (κ3) is 5.13. The van der Waals surface area contributed by atoms with Crippen LogP contribution in [0.4, 0.5) is 10.5 Å². The summed E-state index contributed by atoms with van der Waals surface area (Å²) < 4.78 is 25.8. The van der Waals surface area contributed by atoms with E-state index in [-0.39, 0.29) is 11.3 Å². The lowest BCUT2D eigenvalue weighted by molar-refractivity contribution is 0.251. The van der Waals surface area contributed by atoms with Crippen molar-refractivity contribution < 1.29 is 13.2 Å². The zero-order chi connectivity index (χ0) is 20.0. The van der Waals surface area contributed by atoms with Crippen LogP contribution in [0.2, 0.25) is 0 Å². The zero-order valence-electron chi connectivity index (χ0n) is 16.2. The van der Waals surface area contributed by atoms with E-state index in [1.54, 1.807) is 24.3 Å². The molecule has 0 aromatic heterocycles. The van der Waals surface area contributed by atoms with Crippen molar-refractivity contribution in [2.75, 3.05) is 5.32 Å². The Morgan fingerprint density at radius 2 is 1.61 bits per heavy atom. The molecular formula is C22H28N2O3S. The van der Waals surface area contributed by atoms with Crippen LogP contribution in [0.1, 0.15) is 44.6 Å². The first-order valence-corrected chi connectivity index (χ1v) is 11.5. The van der Waals surface area contributed by atoms with Crippen LogP contribution >= 0.6 is 0 Å². The van der Waals surface area contributed by atoms with E-state index in [1.165, 1.54) is 0 Å². The molecule has 2 aromatic carbocycles. The minimum atomic E-state index is -3.31. The fourth-order valence-corrected chi connectivity index (χ4v) is 5.52. The SMILES string of the molecule is CCC1CCC(S(=O)(=O)c2ccc(NC(=O)NCc3ccccc3)cc2)CC1. The summed E-state index contributed by atoms with van der Waals surface area (Å²) in [6.07, 6.45) is 4.58. The Kier molecular flexibility index (Phi) is 6.73. The van der Waals surface area contributed by atoms with Gasteiger partial charge in [-0.1, -0.05) is 43.7 Å². The third-order valence-electron chi connectivity index (χ3n) is 5.55. The highest BCUT2D eigenvalue weighted by atomic mass is 32.2. The molecule has 0 saturated heterocycles. The summed E-state index contributed by atoms with van der Waals surface area (Å²) >= 11 is 0. The molecule has 2 N–H and O–H groups in total. The highest BCUT2D eigenvalue weighted by molar-refractivity contribution is 7.92. The smallest absolute Gasteiger partial charge is 0.319 e. The number of urea groups is 1. The van der Waals surface area contributed by atoms with E-state index in [0.717, 1.165) is 37.7 Å². The van der Waals surface area contributed by atoms with Crippen LogP contribution in [-0.2, 0) is 16.4 Å². The summed E-state index contributed by atoms with van der Waals surface area (Å²) in [7, 11) is -3.31. The molecular weight excluding hydrogens is 372 g/mol. The maximum Gasteiger partial charge on any atom is 0.319 e. The molecule has 1 aliphatic rings. The van der Waals surface area contributed by atoms with E-state index in [2.05, 4.69) is 17.6 Å². The lowest BCUT2D eigenvalue weighted by atomic mass is 9.87. The lowest BCUT2D eigenvalue weighted by Crippen LogP contribution is -2.28. The molecule has 0 bridgehead atoms. The second kappa shape index (κ2) is 9.24. The summed E-state index contributed by atoms with van der Waals surface area (Å²) in [6, 6.07) is 15.8. The monoisotopic (exact) mass is 400 g/mol. The predicted octanol–water partition coefficient (Wildman–Crippen LogP) is 4.75. The number of benzene rings is 2. The minimum absolute atomic E-state index is 0.289. The number of rotatable bonds is 6. The van der Waals surface area contributed by atoms with E-state index in [4.69, 9.17) is 0 Å². The lowest BCUT2D eigenvalue weighted by Gasteiger charge is -2.27. The number of hydrogen-bond acceptors (Lipinski definition) is 3. The number of amides is 2. The summed E-state index contributed by atoms with van der Waals surface area (Å²) in [5, 5.41) is 5.24. The molecule has 0 radical (unpaired) electrons. The molecule has 2 amide bonds. The first-order valence-electron chi connectivity index (χ1n) is 9.91. The molecule has 28 heavy (non-hydrogen) atoms. The quantitative estimate of drug-likeness (QED) is 0.735. The van der Waals surface area contributed by atoms with Gasteiger partial charge >= 0.3 is 6.03 Å². The van der Waals surface area contributed by atoms with Crippen LogP contribution < -0.4 is 10.6 Å². The fraction of sp³-hybridized carbons (Fsp3) is 0.409. The Balaban J connectivity index is 1.56. The molecule has 0 unspecified atom stereocenters. The molecule has 0 aliphatic heterocycles. The molecule has 1 fully saturated rings. The fourth-order valence-electron chi connectivity index (χ4n) is 3.72. The van der Waals surface area contributed by atoms with Gasteiger partial charge < -0.3 is 10.6 Å². The van der Waals surface area contributed by atoms with Crippen LogP contribution in [0.5, 0.6) is 0 Å².